The van der Waals surface area contributed by atoms with Crippen molar-refractivity contribution in [2.75, 3.05) is 23.4 Å². The minimum atomic E-state index is -0.390. The van der Waals surface area contributed by atoms with Crippen molar-refractivity contribution >= 4 is 17.3 Å². The SMILES string of the molecule is CC(C)(C)C1CCN(c2nc(NN)ccc2[N+](=O)[O-])CC1. The summed E-state index contributed by atoms with van der Waals surface area (Å²) >= 11 is 0. The highest BCUT2D eigenvalue weighted by molar-refractivity contribution is 5.61. The quantitative estimate of drug-likeness (QED) is 0.505. The molecule has 1 aromatic heterocycles. The van der Waals surface area contributed by atoms with Crippen LogP contribution in [0.1, 0.15) is 33.6 Å². The summed E-state index contributed by atoms with van der Waals surface area (Å²) in [5.41, 5.74) is 2.75. The maximum atomic E-state index is 11.2. The molecule has 7 heteroatoms. The van der Waals surface area contributed by atoms with E-state index in [2.05, 4.69) is 31.2 Å². The third kappa shape index (κ3) is 3.41. The molecule has 1 saturated heterocycles. The minimum absolute atomic E-state index is 0.0307. The van der Waals surface area contributed by atoms with Crippen molar-refractivity contribution in [2.45, 2.75) is 33.6 Å². The standard InChI is InChI=1S/C14H23N5O2/c1-14(2,3)10-6-8-18(9-7-10)13-11(19(20)21)4-5-12(16-13)17-15/h4-5,10H,6-9,15H2,1-3H3,(H,16,17). The molecule has 116 valence electrons. The molecule has 1 aliphatic heterocycles. The molecule has 1 aromatic rings. The lowest BCUT2D eigenvalue weighted by molar-refractivity contribution is -0.384. The number of hydrazine groups is 1. The predicted octanol–water partition coefficient (Wildman–Crippen LogP) is 2.54. The number of nitrogens with zero attached hydrogens (tertiary/aromatic N) is 3. The van der Waals surface area contributed by atoms with Gasteiger partial charge in [-0.25, -0.2) is 10.8 Å². The number of aromatic nitrogens is 1. The lowest BCUT2D eigenvalue weighted by Gasteiger charge is -2.39. The lowest BCUT2D eigenvalue weighted by atomic mass is 9.75. The Morgan fingerprint density at radius 1 is 1.38 bits per heavy atom. The van der Waals surface area contributed by atoms with E-state index >= 15 is 0 Å². The van der Waals surface area contributed by atoms with Crippen LogP contribution in [0.15, 0.2) is 12.1 Å². The first kappa shape index (κ1) is 15.5. The molecule has 0 radical (unpaired) electrons. The zero-order valence-electron chi connectivity index (χ0n) is 12.8. The van der Waals surface area contributed by atoms with Crippen molar-refractivity contribution < 1.29 is 4.92 Å². The largest absolute Gasteiger partial charge is 0.351 e. The second-order valence-electron chi connectivity index (χ2n) is 6.57. The molecule has 0 saturated carbocycles. The molecule has 21 heavy (non-hydrogen) atoms. The van der Waals surface area contributed by atoms with Crippen LogP contribution >= 0.6 is 0 Å². The Bertz CT molecular complexity index is 519. The van der Waals surface area contributed by atoms with E-state index < -0.39 is 4.92 Å². The number of nitrogens with one attached hydrogen (secondary N) is 1. The average molecular weight is 293 g/mol. The van der Waals surface area contributed by atoms with Gasteiger partial charge in [-0.2, -0.15) is 0 Å². The summed E-state index contributed by atoms with van der Waals surface area (Å²) in [6.07, 6.45) is 2.03. The molecule has 7 nitrogen and oxygen atoms in total. The summed E-state index contributed by atoms with van der Waals surface area (Å²) in [5.74, 6) is 6.82. The normalized spacial score (nSPS) is 16.9. The van der Waals surface area contributed by atoms with E-state index in [1.807, 2.05) is 4.90 Å². The van der Waals surface area contributed by atoms with Crippen molar-refractivity contribution in [3.05, 3.63) is 22.2 Å². The van der Waals surface area contributed by atoms with Crippen LogP contribution in [-0.4, -0.2) is 23.0 Å². The molecular formula is C14H23N5O2. The van der Waals surface area contributed by atoms with Gasteiger partial charge in [0.15, 0.2) is 0 Å². The van der Waals surface area contributed by atoms with E-state index in [1.54, 1.807) is 0 Å². The zero-order valence-corrected chi connectivity index (χ0v) is 12.8. The molecule has 0 aliphatic carbocycles. The molecule has 0 atom stereocenters. The minimum Gasteiger partial charge on any atom is -0.351 e. The molecular weight excluding hydrogens is 270 g/mol. The fourth-order valence-corrected chi connectivity index (χ4v) is 2.85. The van der Waals surface area contributed by atoms with Gasteiger partial charge in [0.25, 0.3) is 0 Å². The molecule has 0 spiro atoms. The summed E-state index contributed by atoms with van der Waals surface area (Å²) in [5, 5.41) is 11.2. The van der Waals surface area contributed by atoms with Crippen LogP contribution in [0.3, 0.4) is 0 Å². The third-order valence-electron chi connectivity index (χ3n) is 4.22. The van der Waals surface area contributed by atoms with E-state index in [4.69, 9.17) is 5.84 Å². The lowest BCUT2D eigenvalue weighted by Crippen LogP contribution is -2.38. The molecule has 2 heterocycles. The summed E-state index contributed by atoms with van der Waals surface area (Å²) < 4.78 is 0. The molecule has 1 fully saturated rings. The first-order valence-corrected chi connectivity index (χ1v) is 7.20. The van der Waals surface area contributed by atoms with Crippen molar-refractivity contribution in [2.24, 2.45) is 17.2 Å². The Morgan fingerprint density at radius 2 is 2.00 bits per heavy atom. The summed E-state index contributed by atoms with van der Waals surface area (Å²) in [6, 6.07) is 2.97. The van der Waals surface area contributed by atoms with E-state index in [0.29, 0.717) is 17.6 Å². The van der Waals surface area contributed by atoms with Crippen LogP contribution in [0.2, 0.25) is 0 Å². The number of nitrogens with two attached hydrogens (primary N) is 1. The summed E-state index contributed by atoms with van der Waals surface area (Å²) in [7, 11) is 0. The fourth-order valence-electron chi connectivity index (χ4n) is 2.85. The van der Waals surface area contributed by atoms with Gasteiger partial charge in [-0.3, -0.25) is 10.1 Å². The predicted molar refractivity (Wildman–Crippen MR) is 83.1 cm³/mol. The number of pyridine rings is 1. The Morgan fingerprint density at radius 3 is 2.48 bits per heavy atom. The van der Waals surface area contributed by atoms with Gasteiger partial charge in [0.1, 0.15) is 5.82 Å². The maximum absolute atomic E-state index is 11.2. The van der Waals surface area contributed by atoms with Crippen molar-refractivity contribution in [1.82, 2.24) is 4.98 Å². The van der Waals surface area contributed by atoms with E-state index in [0.717, 1.165) is 25.9 Å². The second-order valence-corrected chi connectivity index (χ2v) is 6.57. The molecule has 0 aromatic carbocycles. The number of piperidine rings is 1. The number of anilines is 2. The summed E-state index contributed by atoms with van der Waals surface area (Å²) in [6.45, 7) is 8.29. The van der Waals surface area contributed by atoms with Gasteiger partial charge in [0.05, 0.1) is 4.92 Å². The topological polar surface area (TPSA) is 97.3 Å². The fraction of sp³-hybridized carbons (Fsp3) is 0.643. The second kappa shape index (κ2) is 5.85. The number of nitro groups is 1. The third-order valence-corrected chi connectivity index (χ3v) is 4.22. The van der Waals surface area contributed by atoms with Crippen LogP contribution in [0.4, 0.5) is 17.3 Å². The molecule has 3 N–H and O–H groups in total. The van der Waals surface area contributed by atoms with Crippen LogP contribution < -0.4 is 16.2 Å². The van der Waals surface area contributed by atoms with Crippen LogP contribution in [0, 0.1) is 21.4 Å². The van der Waals surface area contributed by atoms with Gasteiger partial charge in [0.2, 0.25) is 5.82 Å². The highest BCUT2D eigenvalue weighted by Gasteiger charge is 2.31. The van der Waals surface area contributed by atoms with Crippen LogP contribution in [0.5, 0.6) is 0 Å². The summed E-state index contributed by atoms with van der Waals surface area (Å²) in [4.78, 5) is 17.0. The van der Waals surface area contributed by atoms with Crippen LogP contribution in [-0.2, 0) is 0 Å². The average Bonchev–Trinajstić information content (AvgIpc) is 2.45. The van der Waals surface area contributed by atoms with E-state index in [9.17, 15) is 10.1 Å². The molecule has 0 bridgehead atoms. The van der Waals surface area contributed by atoms with Crippen molar-refractivity contribution in [3.63, 3.8) is 0 Å². The van der Waals surface area contributed by atoms with Crippen molar-refractivity contribution in [3.8, 4) is 0 Å². The van der Waals surface area contributed by atoms with Gasteiger partial charge in [-0.15, -0.1) is 0 Å². The maximum Gasteiger partial charge on any atom is 0.311 e. The van der Waals surface area contributed by atoms with E-state index in [-0.39, 0.29) is 11.1 Å². The first-order chi connectivity index (χ1) is 9.82. The van der Waals surface area contributed by atoms with Gasteiger partial charge in [0, 0.05) is 19.2 Å². The van der Waals surface area contributed by atoms with Gasteiger partial charge < -0.3 is 10.3 Å². The Labute approximate surface area is 124 Å². The monoisotopic (exact) mass is 293 g/mol. The molecule has 1 aliphatic rings. The van der Waals surface area contributed by atoms with Crippen molar-refractivity contribution in [1.29, 1.82) is 0 Å². The number of nitrogen functional groups attached to an aromatic ring is 1. The van der Waals surface area contributed by atoms with Gasteiger partial charge in [-0.05, 0) is 30.2 Å². The number of hydrogen-bond acceptors (Lipinski definition) is 6. The van der Waals surface area contributed by atoms with Crippen LogP contribution in [0.25, 0.3) is 0 Å². The smallest absolute Gasteiger partial charge is 0.311 e. The highest BCUT2D eigenvalue weighted by atomic mass is 16.6. The Kier molecular flexibility index (Phi) is 4.32. The molecule has 0 unspecified atom stereocenters. The zero-order chi connectivity index (χ0) is 15.6. The number of rotatable bonds is 3. The highest BCUT2D eigenvalue weighted by Crippen LogP contribution is 2.37. The first-order valence-electron chi connectivity index (χ1n) is 7.20. The van der Waals surface area contributed by atoms with Gasteiger partial charge >= 0.3 is 5.69 Å². The number of hydrogen-bond donors (Lipinski definition) is 2. The van der Waals surface area contributed by atoms with E-state index in [1.165, 1.54) is 12.1 Å². The molecule has 2 rings (SSSR count). The Balaban J connectivity index is 2.21. The Hall–Kier alpha value is -1.89. The van der Waals surface area contributed by atoms with Gasteiger partial charge in [-0.1, -0.05) is 20.8 Å². The molecule has 0 amide bonds.